The fourth-order valence-corrected chi connectivity index (χ4v) is 3.28. The smallest absolute Gasteiger partial charge is 0.338 e. The fraction of sp³-hybridized carbons (Fsp3) is 0.273. The predicted octanol–water partition coefficient (Wildman–Crippen LogP) is 2.30. The van der Waals surface area contributed by atoms with Gasteiger partial charge in [-0.2, -0.15) is 0 Å². The third-order valence-electron chi connectivity index (χ3n) is 4.85. The van der Waals surface area contributed by atoms with E-state index in [0.29, 0.717) is 36.1 Å². The van der Waals surface area contributed by atoms with Crippen molar-refractivity contribution in [3.8, 4) is 11.5 Å². The van der Waals surface area contributed by atoms with E-state index in [0.717, 1.165) is 4.90 Å². The van der Waals surface area contributed by atoms with Crippen LogP contribution in [0.5, 0.6) is 11.5 Å². The van der Waals surface area contributed by atoms with Crippen molar-refractivity contribution in [2.24, 2.45) is 0 Å². The molecule has 2 aliphatic heterocycles. The molecule has 9 nitrogen and oxygen atoms in total. The Morgan fingerprint density at radius 1 is 1.00 bits per heavy atom. The summed E-state index contributed by atoms with van der Waals surface area (Å²) in [6.07, 6.45) is -0.797. The van der Waals surface area contributed by atoms with Gasteiger partial charge in [0.05, 0.1) is 11.3 Å². The monoisotopic (exact) mass is 424 g/mol. The Hall–Kier alpha value is -3.88. The van der Waals surface area contributed by atoms with Crippen LogP contribution in [0.15, 0.2) is 42.5 Å². The summed E-state index contributed by atoms with van der Waals surface area (Å²) >= 11 is 0. The van der Waals surface area contributed by atoms with E-state index in [1.54, 1.807) is 30.3 Å². The molecule has 1 N–H and O–H groups in total. The second kappa shape index (κ2) is 8.47. The SMILES string of the molecule is CC(OC(=O)c1cccc(N2C(=O)CCC2=O)c1)C(=O)Nc1ccc2c(c1)OCCO2. The van der Waals surface area contributed by atoms with E-state index in [2.05, 4.69) is 5.32 Å². The normalized spacial score (nSPS) is 16.1. The Bertz CT molecular complexity index is 1050. The Morgan fingerprint density at radius 3 is 2.45 bits per heavy atom. The van der Waals surface area contributed by atoms with Gasteiger partial charge in [-0.3, -0.25) is 19.3 Å². The lowest BCUT2D eigenvalue weighted by Crippen LogP contribution is -2.30. The number of imide groups is 1. The van der Waals surface area contributed by atoms with Crippen molar-refractivity contribution in [3.05, 3.63) is 48.0 Å². The third-order valence-corrected chi connectivity index (χ3v) is 4.85. The number of carbonyl (C=O) groups is 4. The molecule has 2 aromatic rings. The average molecular weight is 424 g/mol. The van der Waals surface area contributed by atoms with E-state index in [9.17, 15) is 19.2 Å². The molecule has 4 rings (SSSR count). The van der Waals surface area contributed by atoms with Crippen LogP contribution in [0.3, 0.4) is 0 Å². The van der Waals surface area contributed by atoms with Crippen molar-refractivity contribution < 1.29 is 33.4 Å². The number of ether oxygens (including phenoxy) is 3. The zero-order valence-corrected chi connectivity index (χ0v) is 16.8. The molecule has 1 unspecified atom stereocenters. The molecule has 0 spiro atoms. The number of hydrogen-bond donors (Lipinski definition) is 1. The minimum absolute atomic E-state index is 0.129. The molecule has 1 atom stereocenters. The van der Waals surface area contributed by atoms with Gasteiger partial charge in [-0.25, -0.2) is 4.79 Å². The Balaban J connectivity index is 1.40. The molecule has 0 bridgehead atoms. The number of fused-ring (bicyclic) bond motifs is 1. The number of benzene rings is 2. The first kappa shape index (κ1) is 20.4. The Kier molecular flexibility index (Phi) is 5.57. The molecule has 1 saturated heterocycles. The lowest BCUT2D eigenvalue weighted by Gasteiger charge is -2.19. The van der Waals surface area contributed by atoms with Crippen molar-refractivity contribution >= 4 is 35.1 Å². The maximum Gasteiger partial charge on any atom is 0.338 e. The number of carbonyl (C=O) groups excluding carboxylic acids is 4. The van der Waals surface area contributed by atoms with Gasteiger partial charge in [0.2, 0.25) is 11.8 Å². The topological polar surface area (TPSA) is 111 Å². The van der Waals surface area contributed by atoms with E-state index in [-0.39, 0.29) is 30.2 Å². The van der Waals surface area contributed by atoms with Crippen LogP contribution in [-0.2, 0) is 19.1 Å². The van der Waals surface area contributed by atoms with Gasteiger partial charge in [-0.05, 0) is 37.3 Å². The highest BCUT2D eigenvalue weighted by molar-refractivity contribution is 6.20. The van der Waals surface area contributed by atoms with Crippen molar-refractivity contribution in [1.29, 1.82) is 0 Å². The van der Waals surface area contributed by atoms with Crippen LogP contribution in [-0.4, -0.2) is 43.0 Å². The quantitative estimate of drug-likeness (QED) is 0.579. The molecule has 0 saturated carbocycles. The van der Waals surface area contributed by atoms with Crippen LogP contribution >= 0.6 is 0 Å². The summed E-state index contributed by atoms with van der Waals surface area (Å²) in [6, 6.07) is 11.0. The lowest BCUT2D eigenvalue weighted by atomic mass is 10.2. The highest BCUT2D eigenvalue weighted by Crippen LogP contribution is 2.32. The van der Waals surface area contributed by atoms with E-state index < -0.39 is 18.0 Å². The number of nitrogens with one attached hydrogen (secondary N) is 1. The van der Waals surface area contributed by atoms with Gasteiger partial charge in [0.15, 0.2) is 17.6 Å². The van der Waals surface area contributed by atoms with Crippen molar-refractivity contribution in [2.75, 3.05) is 23.4 Å². The van der Waals surface area contributed by atoms with Crippen LogP contribution < -0.4 is 19.7 Å². The number of rotatable bonds is 5. The van der Waals surface area contributed by atoms with Crippen molar-refractivity contribution in [2.45, 2.75) is 25.9 Å². The van der Waals surface area contributed by atoms with Crippen LogP contribution in [0, 0.1) is 0 Å². The van der Waals surface area contributed by atoms with Gasteiger partial charge in [0, 0.05) is 24.6 Å². The van der Waals surface area contributed by atoms with Crippen molar-refractivity contribution in [1.82, 2.24) is 0 Å². The minimum Gasteiger partial charge on any atom is -0.486 e. The maximum absolute atomic E-state index is 12.5. The van der Waals surface area contributed by atoms with E-state index in [1.165, 1.54) is 19.1 Å². The van der Waals surface area contributed by atoms with Crippen LogP contribution in [0.4, 0.5) is 11.4 Å². The summed E-state index contributed by atoms with van der Waals surface area (Å²) in [5, 5.41) is 2.67. The standard InChI is InChI=1S/C22H20N2O7/c1-13(21(27)23-15-5-6-17-18(12-15)30-10-9-29-17)31-22(28)14-3-2-4-16(11-14)24-19(25)7-8-20(24)26/h2-6,11-13H,7-10H2,1H3,(H,23,27). The number of esters is 1. The van der Waals surface area contributed by atoms with Gasteiger partial charge in [-0.1, -0.05) is 6.07 Å². The van der Waals surface area contributed by atoms with Gasteiger partial charge in [0.1, 0.15) is 13.2 Å². The largest absolute Gasteiger partial charge is 0.486 e. The Labute approximate surface area is 177 Å². The lowest BCUT2D eigenvalue weighted by molar-refractivity contribution is -0.124. The summed E-state index contributed by atoms with van der Waals surface area (Å²) in [4.78, 5) is 49.8. The van der Waals surface area contributed by atoms with Crippen LogP contribution in [0.2, 0.25) is 0 Å². The molecule has 160 valence electrons. The zero-order valence-electron chi connectivity index (χ0n) is 16.8. The first-order chi connectivity index (χ1) is 14.9. The summed E-state index contributed by atoms with van der Waals surface area (Å²) in [6.45, 7) is 2.34. The molecule has 2 aliphatic rings. The molecule has 9 heteroatoms. The highest BCUT2D eigenvalue weighted by Gasteiger charge is 2.31. The zero-order chi connectivity index (χ0) is 22.0. The number of hydrogen-bond acceptors (Lipinski definition) is 7. The number of amides is 3. The molecule has 31 heavy (non-hydrogen) atoms. The number of nitrogens with zero attached hydrogens (tertiary/aromatic N) is 1. The van der Waals surface area contributed by atoms with Crippen molar-refractivity contribution in [3.63, 3.8) is 0 Å². The Morgan fingerprint density at radius 2 is 1.71 bits per heavy atom. The minimum atomic E-state index is -1.08. The highest BCUT2D eigenvalue weighted by atomic mass is 16.6. The van der Waals surface area contributed by atoms with Gasteiger partial charge < -0.3 is 19.5 Å². The summed E-state index contributed by atoms with van der Waals surface area (Å²) in [5.41, 5.74) is 0.907. The third kappa shape index (κ3) is 4.35. The van der Waals surface area contributed by atoms with Crippen LogP contribution in [0.1, 0.15) is 30.1 Å². The average Bonchev–Trinajstić information content (AvgIpc) is 3.11. The van der Waals surface area contributed by atoms with Gasteiger partial charge >= 0.3 is 5.97 Å². The summed E-state index contributed by atoms with van der Waals surface area (Å²) in [7, 11) is 0. The molecule has 2 heterocycles. The van der Waals surface area contributed by atoms with Gasteiger partial charge in [-0.15, -0.1) is 0 Å². The molecular formula is C22H20N2O7. The van der Waals surface area contributed by atoms with E-state index in [1.807, 2.05) is 0 Å². The fourth-order valence-electron chi connectivity index (χ4n) is 3.28. The second-order valence-corrected chi connectivity index (χ2v) is 7.07. The molecule has 1 fully saturated rings. The number of anilines is 2. The molecule has 0 aromatic heterocycles. The van der Waals surface area contributed by atoms with Gasteiger partial charge in [0.25, 0.3) is 5.91 Å². The maximum atomic E-state index is 12.5. The first-order valence-corrected chi connectivity index (χ1v) is 9.80. The molecule has 0 radical (unpaired) electrons. The molecular weight excluding hydrogens is 404 g/mol. The van der Waals surface area contributed by atoms with E-state index in [4.69, 9.17) is 14.2 Å². The van der Waals surface area contributed by atoms with E-state index >= 15 is 0 Å². The summed E-state index contributed by atoms with van der Waals surface area (Å²) < 4.78 is 16.2. The molecule has 3 amide bonds. The first-order valence-electron chi connectivity index (χ1n) is 9.80. The van der Waals surface area contributed by atoms with Crippen LogP contribution in [0.25, 0.3) is 0 Å². The molecule has 2 aromatic carbocycles. The second-order valence-electron chi connectivity index (χ2n) is 7.07. The predicted molar refractivity (Wildman–Crippen MR) is 109 cm³/mol. The molecule has 0 aliphatic carbocycles. The summed E-state index contributed by atoms with van der Waals surface area (Å²) in [5.74, 6) is -0.780.